The van der Waals surface area contributed by atoms with E-state index >= 15 is 0 Å². The molecule has 0 saturated carbocycles. The van der Waals surface area contributed by atoms with Crippen LogP contribution in [0.1, 0.15) is 36.4 Å². The van der Waals surface area contributed by atoms with Gasteiger partial charge in [0, 0.05) is 25.7 Å². The SMILES string of the molecule is CC(C)CNc1nc(N)c(C(=O)N2CCC(N)CC2)s1. The van der Waals surface area contributed by atoms with Crippen molar-refractivity contribution in [3.05, 3.63) is 4.88 Å². The van der Waals surface area contributed by atoms with E-state index in [0.29, 0.717) is 34.8 Å². The first-order valence-electron chi connectivity index (χ1n) is 7.02. The molecule has 7 heteroatoms. The van der Waals surface area contributed by atoms with Gasteiger partial charge in [-0.15, -0.1) is 0 Å². The molecule has 0 spiro atoms. The largest absolute Gasteiger partial charge is 0.382 e. The van der Waals surface area contributed by atoms with Gasteiger partial charge in [-0.3, -0.25) is 4.79 Å². The lowest BCUT2D eigenvalue weighted by Crippen LogP contribution is -2.42. The summed E-state index contributed by atoms with van der Waals surface area (Å²) in [6.45, 7) is 6.46. The van der Waals surface area contributed by atoms with E-state index in [9.17, 15) is 4.79 Å². The molecule has 0 unspecified atom stereocenters. The second-order valence-electron chi connectivity index (χ2n) is 5.64. The van der Waals surface area contributed by atoms with Crippen LogP contribution in [0, 0.1) is 5.92 Å². The van der Waals surface area contributed by atoms with Crippen LogP contribution in [0.15, 0.2) is 0 Å². The number of nitrogens with two attached hydrogens (primary N) is 2. The topological polar surface area (TPSA) is 97.3 Å². The molecule has 2 rings (SSSR count). The summed E-state index contributed by atoms with van der Waals surface area (Å²) in [7, 11) is 0. The number of carbonyl (C=O) groups is 1. The molecule has 1 aromatic rings. The van der Waals surface area contributed by atoms with Crippen LogP contribution in [0.3, 0.4) is 0 Å². The Morgan fingerprint density at radius 1 is 1.50 bits per heavy atom. The summed E-state index contributed by atoms with van der Waals surface area (Å²) in [4.78, 5) is 19.0. The maximum atomic E-state index is 12.4. The quantitative estimate of drug-likeness (QED) is 0.779. The highest BCUT2D eigenvalue weighted by Gasteiger charge is 2.25. The van der Waals surface area contributed by atoms with Crippen molar-refractivity contribution in [2.24, 2.45) is 11.7 Å². The van der Waals surface area contributed by atoms with Gasteiger partial charge in [-0.25, -0.2) is 4.98 Å². The monoisotopic (exact) mass is 297 g/mol. The molecule has 5 N–H and O–H groups in total. The number of thiazole rings is 1. The van der Waals surface area contributed by atoms with Gasteiger partial charge < -0.3 is 21.7 Å². The predicted molar refractivity (Wildman–Crippen MR) is 83.0 cm³/mol. The number of hydrogen-bond acceptors (Lipinski definition) is 6. The molecule has 1 fully saturated rings. The second-order valence-corrected chi connectivity index (χ2v) is 6.64. The van der Waals surface area contributed by atoms with Gasteiger partial charge >= 0.3 is 0 Å². The number of hydrogen-bond donors (Lipinski definition) is 3. The first-order chi connectivity index (χ1) is 9.47. The van der Waals surface area contributed by atoms with E-state index in [0.717, 1.165) is 19.4 Å². The van der Waals surface area contributed by atoms with Crippen molar-refractivity contribution in [1.82, 2.24) is 9.88 Å². The third-order valence-electron chi connectivity index (χ3n) is 3.34. The standard InChI is InChI=1S/C13H23N5OS/c1-8(2)7-16-13-17-11(15)10(20-13)12(19)18-5-3-9(14)4-6-18/h8-9H,3-7,14-15H2,1-2H3,(H,16,17). The van der Waals surface area contributed by atoms with E-state index < -0.39 is 0 Å². The smallest absolute Gasteiger partial charge is 0.267 e. The van der Waals surface area contributed by atoms with E-state index in [2.05, 4.69) is 24.1 Å². The molecule has 1 aliphatic heterocycles. The fourth-order valence-corrected chi connectivity index (χ4v) is 2.96. The van der Waals surface area contributed by atoms with E-state index in [-0.39, 0.29) is 11.9 Å². The third kappa shape index (κ3) is 3.61. The molecule has 0 atom stereocenters. The van der Waals surface area contributed by atoms with Crippen LogP contribution >= 0.6 is 11.3 Å². The Labute approximate surface area is 123 Å². The minimum Gasteiger partial charge on any atom is -0.382 e. The second kappa shape index (κ2) is 6.41. The number of likely N-dealkylation sites (tertiary alicyclic amines) is 1. The van der Waals surface area contributed by atoms with Gasteiger partial charge in [-0.05, 0) is 18.8 Å². The summed E-state index contributed by atoms with van der Waals surface area (Å²) < 4.78 is 0. The number of anilines is 2. The Morgan fingerprint density at radius 3 is 2.75 bits per heavy atom. The summed E-state index contributed by atoms with van der Waals surface area (Å²) in [5.41, 5.74) is 11.7. The lowest BCUT2D eigenvalue weighted by atomic mass is 10.1. The summed E-state index contributed by atoms with van der Waals surface area (Å²) in [5, 5.41) is 3.92. The van der Waals surface area contributed by atoms with Crippen LogP contribution in [-0.4, -0.2) is 41.5 Å². The summed E-state index contributed by atoms with van der Waals surface area (Å²) in [6, 6.07) is 0.209. The molecule has 2 heterocycles. The Kier molecular flexibility index (Phi) is 4.82. The highest BCUT2D eigenvalue weighted by atomic mass is 32.1. The Hall–Kier alpha value is -1.34. The average molecular weight is 297 g/mol. The number of carbonyl (C=O) groups excluding carboxylic acids is 1. The van der Waals surface area contributed by atoms with Gasteiger partial charge in [0.2, 0.25) is 0 Å². The van der Waals surface area contributed by atoms with Crippen LogP contribution in [0.4, 0.5) is 10.9 Å². The fraction of sp³-hybridized carbons (Fsp3) is 0.692. The van der Waals surface area contributed by atoms with Crippen LogP contribution in [0.2, 0.25) is 0 Å². The van der Waals surface area contributed by atoms with Gasteiger partial charge in [0.15, 0.2) is 5.13 Å². The molecule has 0 bridgehead atoms. The lowest BCUT2D eigenvalue weighted by molar-refractivity contribution is 0.0720. The number of rotatable bonds is 4. The van der Waals surface area contributed by atoms with Gasteiger partial charge in [0.25, 0.3) is 5.91 Å². The molecule has 0 aromatic carbocycles. The van der Waals surface area contributed by atoms with Crippen molar-refractivity contribution >= 4 is 28.2 Å². The molecule has 6 nitrogen and oxygen atoms in total. The fourth-order valence-electron chi connectivity index (χ4n) is 2.10. The third-order valence-corrected chi connectivity index (χ3v) is 4.35. The minimum absolute atomic E-state index is 0.0236. The molecule has 1 aliphatic rings. The zero-order valence-corrected chi connectivity index (χ0v) is 12.9. The Balaban J connectivity index is 2.02. The maximum Gasteiger partial charge on any atom is 0.267 e. The summed E-state index contributed by atoms with van der Waals surface area (Å²) >= 11 is 1.33. The molecule has 0 radical (unpaired) electrons. The average Bonchev–Trinajstić information content (AvgIpc) is 2.78. The Bertz CT molecular complexity index is 465. The normalized spacial score (nSPS) is 16.7. The van der Waals surface area contributed by atoms with Crippen molar-refractivity contribution in [2.75, 3.05) is 30.7 Å². The van der Waals surface area contributed by atoms with E-state index in [1.165, 1.54) is 11.3 Å². The van der Waals surface area contributed by atoms with Gasteiger partial charge in [-0.2, -0.15) is 0 Å². The number of nitrogen functional groups attached to an aromatic ring is 1. The number of aromatic nitrogens is 1. The van der Waals surface area contributed by atoms with Gasteiger partial charge in [0.05, 0.1) is 0 Å². The zero-order valence-electron chi connectivity index (χ0n) is 12.1. The molecule has 20 heavy (non-hydrogen) atoms. The molecule has 1 saturated heterocycles. The van der Waals surface area contributed by atoms with Crippen molar-refractivity contribution in [3.63, 3.8) is 0 Å². The van der Waals surface area contributed by atoms with Crippen molar-refractivity contribution < 1.29 is 4.79 Å². The zero-order chi connectivity index (χ0) is 14.7. The minimum atomic E-state index is -0.0236. The van der Waals surface area contributed by atoms with Crippen LogP contribution in [0.5, 0.6) is 0 Å². The first kappa shape index (κ1) is 15.1. The Morgan fingerprint density at radius 2 is 2.15 bits per heavy atom. The van der Waals surface area contributed by atoms with Crippen LogP contribution < -0.4 is 16.8 Å². The molecular formula is C13H23N5OS. The molecule has 1 amide bonds. The van der Waals surface area contributed by atoms with Crippen LogP contribution in [0.25, 0.3) is 0 Å². The van der Waals surface area contributed by atoms with Gasteiger partial charge in [0.1, 0.15) is 10.7 Å². The van der Waals surface area contributed by atoms with Crippen molar-refractivity contribution in [2.45, 2.75) is 32.7 Å². The molecular weight excluding hydrogens is 274 g/mol. The van der Waals surface area contributed by atoms with E-state index in [4.69, 9.17) is 11.5 Å². The predicted octanol–water partition coefficient (Wildman–Crippen LogP) is 1.36. The highest BCUT2D eigenvalue weighted by Crippen LogP contribution is 2.27. The molecule has 1 aromatic heterocycles. The summed E-state index contributed by atoms with van der Waals surface area (Å²) in [6.07, 6.45) is 1.70. The molecule has 0 aliphatic carbocycles. The lowest BCUT2D eigenvalue weighted by Gasteiger charge is -2.29. The number of nitrogens with zero attached hydrogens (tertiary/aromatic N) is 2. The molecule has 112 valence electrons. The number of nitrogens with one attached hydrogen (secondary N) is 1. The van der Waals surface area contributed by atoms with E-state index in [1.807, 2.05) is 4.90 Å². The van der Waals surface area contributed by atoms with Crippen molar-refractivity contribution in [3.8, 4) is 0 Å². The summed E-state index contributed by atoms with van der Waals surface area (Å²) in [5.74, 6) is 0.813. The first-order valence-corrected chi connectivity index (χ1v) is 7.84. The highest BCUT2D eigenvalue weighted by molar-refractivity contribution is 7.18. The number of amides is 1. The maximum absolute atomic E-state index is 12.4. The van der Waals surface area contributed by atoms with Crippen molar-refractivity contribution in [1.29, 1.82) is 0 Å². The van der Waals surface area contributed by atoms with Crippen LogP contribution in [-0.2, 0) is 0 Å². The van der Waals surface area contributed by atoms with E-state index in [1.54, 1.807) is 0 Å². The van der Waals surface area contributed by atoms with Gasteiger partial charge in [-0.1, -0.05) is 25.2 Å². The number of piperidine rings is 1.